The first-order valence-electron chi connectivity index (χ1n) is 3.67. The lowest BCUT2D eigenvalue weighted by atomic mass is 10.2. The first-order valence-corrected chi connectivity index (χ1v) is 3.67. The first kappa shape index (κ1) is 9.60. The Hall–Kier alpha value is -0.400. The molecule has 0 rings (SSSR count). The van der Waals surface area contributed by atoms with Crippen LogP contribution in [-0.4, -0.2) is 12.3 Å². The van der Waals surface area contributed by atoms with Crippen molar-refractivity contribution in [2.75, 3.05) is 0 Å². The van der Waals surface area contributed by atoms with Gasteiger partial charge in [-0.2, -0.15) is 0 Å². The van der Waals surface area contributed by atoms with Crippen LogP contribution in [0, 0.1) is 0 Å². The van der Waals surface area contributed by atoms with Gasteiger partial charge in [0.15, 0.2) is 0 Å². The molecule has 0 aliphatic heterocycles. The molecule has 0 amide bonds. The molecule has 0 spiro atoms. The van der Waals surface area contributed by atoms with Crippen molar-refractivity contribution in [3.05, 3.63) is 12.2 Å². The van der Waals surface area contributed by atoms with Crippen molar-refractivity contribution in [1.82, 2.24) is 0 Å². The van der Waals surface area contributed by atoms with Crippen molar-refractivity contribution in [2.45, 2.75) is 39.0 Å². The van der Waals surface area contributed by atoms with E-state index in [9.17, 15) is 8.78 Å². The van der Waals surface area contributed by atoms with Gasteiger partial charge in [-0.25, -0.2) is 8.78 Å². The Bertz CT molecular complexity index is 99.4. The summed E-state index contributed by atoms with van der Waals surface area (Å²) in [5.41, 5.74) is 0. The van der Waals surface area contributed by atoms with E-state index >= 15 is 0 Å². The van der Waals surface area contributed by atoms with Crippen LogP contribution < -0.4 is 0 Å². The lowest BCUT2D eigenvalue weighted by Crippen LogP contribution is -2.12. The molecule has 0 fully saturated rings. The predicted molar refractivity (Wildman–Crippen MR) is 39.5 cm³/mol. The normalized spacial score (nSPS) is 17.6. The van der Waals surface area contributed by atoms with E-state index in [0.717, 1.165) is 6.42 Å². The molecule has 0 aromatic rings. The zero-order chi connectivity index (χ0) is 7.98. The van der Waals surface area contributed by atoms with Crippen molar-refractivity contribution in [3.8, 4) is 0 Å². The highest BCUT2D eigenvalue weighted by Crippen LogP contribution is 2.09. The van der Waals surface area contributed by atoms with Gasteiger partial charge in [0.05, 0.1) is 0 Å². The number of hydrogen-bond donors (Lipinski definition) is 0. The topological polar surface area (TPSA) is 0 Å². The van der Waals surface area contributed by atoms with E-state index in [4.69, 9.17) is 0 Å². The van der Waals surface area contributed by atoms with Gasteiger partial charge < -0.3 is 0 Å². The second-order valence-corrected chi connectivity index (χ2v) is 2.21. The SMILES string of the molecule is CC/C=C\C(F)C(F)CC. The third kappa shape index (κ3) is 3.59. The van der Waals surface area contributed by atoms with Gasteiger partial charge in [-0.05, 0) is 12.8 Å². The van der Waals surface area contributed by atoms with E-state index in [0.29, 0.717) is 0 Å². The molecule has 10 heavy (non-hydrogen) atoms. The fourth-order valence-electron chi connectivity index (χ4n) is 0.612. The molecule has 2 unspecified atom stereocenters. The Kier molecular flexibility index (Phi) is 5.17. The second kappa shape index (κ2) is 5.39. The summed E-state index contributed by atoms with van der Waals surface area (Å²) in [6.45, 7) is 3.53. The van der Waals surface area contributed by atoms with Crippen LogP contribution >= 0.6 is 0 Å². The van der Waals surface area contributed by atoms with Crippen LogP contribution in [0.1, 0.15) is 26.7 Å². The van der Waals surface area contributed by atoms with Gasteiger partial charge in [-0.1, -0.05) is 26.0 Å². The van der Waals surface area contributed by atoms with E-state index in [2.05, 4.69) is 0 Å². The number of alkyl halides is 2. The molecule has 0 N–H and O–H groups in total. The van der Waals surface area contributed by atoms with Gasteiger partial charge in [0, 0.05) is 0 Å². The molecule has 0 aromatic carbocycles. The van der Waals surface area contributed by atoms with E-state index in [1.165, 1.54) is 6.08 Å². The summed E-state index contributed by atoms with van der Waals surface area (Å²) in [6, 6.07) is 0. The minimum Gasteiger partial charge on any atom is -0.244 e. The fourth-order valence-corrected chi connectivity index (χ4v) is 0.612. The average Bonchev–Trinajstić information content (AvgIpc) is 1.98. The Labute approximate surface area is 60.9 Å². The molecule has 60 valence electrons. The van der Waals surface area contributed by atoms with Crippen molar-refractivity contribution in [2.24, 2.45) is 0 Å². The largest absolute Gasteiger partial charge is 0.244 e. The van der Waals surface area contributed by atoms with Crippen molar-refractivity contribution in [1.29, 1.82) is 0 Å². The fraction of sp³-hybridized carbons (Fsp3) is 0.750. The molecule has 0 aliphatic carbocycles. The van der Waals surface area contributed by atoms with Crippen molar-refractivity contribution < 1.29 is 8.78 Å². The summed E-state index contributed by atoms with van der Waals surface area (Å²) < 4.78 is 24.9. The van der Waals surface area contributed by atoms with Crippen molar-refractivity contribution >= 4 is 0 Å². The van der Waals surface area contributed by atoms with Crippen LogP contribution in [0.4, 0.5) is 8.78 Å². The molecule has 0 bridgehead atoms. The molecular weight excluding hydrogens is 134 g/mol. The van der Waals surface area contributed by atoms with Gasteiger partial charge in [0.2, 0.25) is 0 Å². The molecule has 2 heteroatoms. The predicted octanol–water partition coefficient (Wildman–Crippen LogP) is 3.04. The molecule has 0 saturated heterocycles. The standard InChI is InChI=1S/C8H14F2/c1-3-5-6-8(10)7(9)4-2/h5-8H,3-4H2,1-2H3/b6-5-. The highest BCUT2D eigenvalue weighted by Gasteiger charge is 2.13. The average molecular weight is 148 g/mol. The lowest BCUT2D eigenvalue weighted by Gasteiger charge is -2.05. The highest BCUT2D eigenvalue weighted by atomic mass is 19.2. The molecule has 0 heterocycles. The highest BCUT2D eigenvalue weighted by molar-refractivity contribution is 4.91. The second-order valence-electron chi connectivity index (χ2n) is 2.21. The maximum atomic E-state index is 12.5. The summed E-state index contributed by atoms with van der Waals surface area (Å²) in [6.07, 6.45) is 1.19. The zero-order valence-electron chi connectivity index (χ0n) is 6.48. The monoisotopic (exact) mass is 148 g/mol. The molecule has 0 saturated carbocycles. The van der Waals surface area contributed by atoms with Gasteiger partial charge in [0.1, 0.15) is 12.3 Å². The zero-order valence-corrected chi connectivity index (χ0v) is 6.48. The van der Waals surface area contributed by atoms with Crippen LogP contribution in [0.25, 0.3) is 0 Å². The molecule has 2 atom stereocenters. The smallest absolute Gasteiger partial charge is 0.149 e. The van der Waals surface area contributed by atoms with E-state index in [-0.39, 0.29) is 6.42 Å². The van der Waals surface area contributed by atoms with Gasteiger partial charge in [-0.3, -0.25) is 0 Å². The molecule has 0 radical (unpaired) electrons. The lowest BCUT2D eigenvalue weighted by molar-refractivity contribution is 0.199. The van der Waals surface area contributed by atoms with Gasteiger partial charge >= 0.3 is 0 Å². The third-order valence-corrected chi connectivity index (χ3v) is 1.29. The van der Waals surface area contributed by atoms with Crippen LogP contribution in [0.2, 0.25) is 0 Å². The van der Waals surface area contributed by atoms with Crippen molar-refractivity contribution in [3.63, 3.8) is 0 Å². The third-order valence-electron chi connectivity index (χ3n) is 1.29. The van der Waals surface area contributed by atoms with Crippen LogP contribution in [-0.2, 0) is 0 Å². The maximum Gasteiger partial charge on any atom is 0.149 e. The Morgan fingerprint density at radius 1 is 1.30 bits per heavy atom. The van der Waals surface area contributed by atoms with Crippen LogP contribution in [0.3, 0.4) is 0 Å². The Morgan fingerprint density at radius 2 is 1.90 bits per heavy atom. The van der Waals surface area contributed by atoms with E-state index in [1.807, 2.05) is 6.92 Å². The number of rotatable bonds is 4. The maximum absolute atomic E-state index is 12.5. The van der Waals surface area contributed by atoms with E-state index < -0.39 is 12.3 Å². The summed E-state index contributed by atoms with van der Waals surface area (Å²) in [4.78, 5) is 0. The molecular formula is C8H14F2. The molecule has 0 aromatic heterocycles. The Morgan fingerprint density at radius 3 is 2.30 bits per heavy atom. The van der Waals surface area contributed by atoms with Crippen LogP contribution in [0.15, 0.2) is 12.2 Å². The minimum absolute atomic E-state index is 0.245. The number of hydrogen-bond acceptors (Lipinski definition) is 0. The van der Waals surface area contributed by atoms with Gasteiger partial charge in [-0.15, -0.1) is 0 Å². The van der Waals surface area contributed by atoms with E-state index in [1.54, 1.807) is 13.0 Å². The summed E-state index contributed by atoms with van der Waals surface area (Å²) in [5, 5.41) is 0. The van der Waals surface area contributed by atoms with Crippen LogP contribution in [0.5, 0.6) is 0 Å². The Balaban J connectivity index is 3.60. The molecule has 0 aliphatic rings. The first-order chi connectivity index (χ1) is 4.72. The number of allylic oxidation sites excluding steroid dienone is 2. The quantitative estimate of drug-likeness (QED) is 0.537. The summed E-state index contributed by atoms with van der Waals surface area (Å²) in [7, 11) is 0. The van der Waals surface area contributed by atoms with Gasteiger partial charge in [0.25, 0.3) is 0 Å². The minimum atomic E-state index is -1.41. The molecule has 0 nitrogen and oxygen atoms in total. The number of halogens is 2. The summed E-state index contributed by atoms with van der Waals surface area (Å²) >= 11 is 0. The summed E-state index contributed by atoms with van der Waals surface area (Å²) in [5.74, 6) is 0.